The largest absolute Gasteiger partial charge is 0.341 e. The van der Waals surface area contributed by atoms with E-state index >= 15 is 0 Å². The smallest absolute Gasteiger partial charge is 0.321 e. The lowest BCUT2D eigenvalue weighted by Gasteiger charge is -2.12. The van der Waals surface area contributed by atoms with Crippen LogP contribution in [0.15, 0.2) is 11.7 Å². The highest BCUT2D eigenvalue weighted by atomic mass is 32.1. The Balaban J connectivity index is 2.31. The van der Waals surface area contributed by atoms with E-state index in [1.807, 2.05) is 0 Å². The van der Waals surface area contributed by atoms with Gasteiger partial charge in [0, 0.05) is 24.7 Å². The molecule has 1 aromatic rings. The first kappa shape index (κ1) is 12.6. The maximum absolute atomic E-state index is 11.4. The summed E-state index contributed by atoms with van der Waals surface area (Å²) in [6.07, 6.45) is 1.74. The number of urea groups is 1. The lowest BCUT2D eigenvalue weighted by atomic mass is 10.3. The highest BCUT2D eigenvalue weighted by molar-refractivity contribution is 7.09. The molecule has 1 atom stereocenters. The third-order valence-corrected chi connectivity index (χ3v) is 2.70. The van der Waals surface area contributed by atoms with Crippen LogP contribution in [0, 0.1) is 0 Å². The van der Waals surface area contributed by atoms with Gasteiger partial charge in [-0.2, -0.15) is 0 Å². The zero-order chi connectivity index (χ0) is 12.0. The second kappa shape index (κ2) is 6.19. The zero-order valence-electron chi connectivity index (χ0n) is 9.11. The topological polar surface area (TPSA) is 83.1 Å². The predicted molar refractivity (Wildman–Crippen MR) is 61.0 cm³/mol. The number of nitrogens with one attached hydrogen (secondary N) is 3. The summed E-state index contributed by atoms with van der Waals surface area (Å²) in [4.78, 5) is 27.3. The summed E-state index contributed by atoms with van der Waals surface area (Å²) in [5, 5.41) is 7.50. The minimum atomic E-state index is -0.503. The van der Waals surface area contributed by atoms with Crippen molar-refractivity contribution in [3.8, 4) is 0 Å². The van der Waals surface area contributed by atoms with Gasteiger partial charge in [-0.3, -0.25) is 15.1 Å². The summed E-state index contributed by atoms with van der Waals surface area (Å²) in [5.74, 6) is -0.358. The van der Waals surface area contributed by atoms with Crippen LogP contribution >= 0.6 is 11.3 Å². The minimum Gasteiger partial charge on any atom is -0.341 e. The average molecular weight is 242 g/mol. The van der Waals surface area contributed by atoms with E-state index in [-0.39, 0.29) is 5.91 Å². The highest BCUT2D eigenvalue weighted by Gasteiger charge is 2.14. The molecule has 0 saturated heterocycles. The van der Waals surface area contributed by atoms with Crippen molar-refractivity contribution in [2.45, 2.75) is 19.5 Å². The van der Waals surface area contributed by atoms with Crippen LogP contribution in [-0.4, -0.2) is 30.0 Å². The minimum absolute atomic E-state index is 0.358. The molecule has 3 N–H and O–H groups in total. The van der Waals surface area contributed by atoms with Gasteiger partial charge in [-0.1, -0.05) is 0 Å². The second-order valence-electron chi connectivity index (χ2n) is 3.14. The number of aromatic nitrogens is 1. The third-order valence-electron chi connectivity index (χ3n) is 1.92. The van der Waals surface area contributed by atoms with Crippen molar-refractivity contribution in [1.82, 2.24) is 20.9 Å². The van der Waals surface area contributed by atoms with Crippen molar-refractivity contribution in [3.63, 3.8) is 0 Å². The molecule has 0 radical (unpaired) electrons. The lowest BCUT2D eigenvalue weighted by molar-refractivity contribution is -0.121. The van der Waals surface area contributed by atoms with Gasteiger partial charge < -0.3 is 10.6 Å². The van der Waals surface area contributed by atoms with Crippen molar-refractivity contribution in [2.24, 2.45) is 0 Å². The molecule has 0 bridgehead atoms. The van der Waals surface area contributed by atoms with E-state index in [2.05, 4.69) is 20.9 Å². The maximum Gasteiger partial charge on any atom is 0.321 e. The Morgan fingerprint density at radius 1 is 1.56 bits per heavy atom. The molecule has 6 nitrogen and oxygen atoms in total. The van der Waals surface area contributed by atoms with Crippen LogP contribution < -0.4 is 16.0 Å². The van der Waals surface area contributed by atoms with Crippen molar-refractivity contribution in [2.75, 3.05) is 7.05 Å². The van der Waals surface area contributed by atoms with E-state index in [9.17, 15) is 9.59 Å². The van der Waals surface area contributed by atoms with Gasteiger partial charge in [0.25, 0.3) is 0 Å². The molecule has 1 unspecified atom stereocenters. The molecular weight excluding hydrogens is 228 g/mol. The monoisotopic (exact) mass is 242 g/mol. The van der Waals surface area contributed by atoms with E-state index in [4.69, 9.17) is 0 Å². The first-order chi connectivity index (χ1) is 7.63. The summed E-state index contributed by atoms with van der Waals surface area (Å²) in [7, 11) is 1.46. The standard InChI is InChI=1S/C9H14N4O2S/c1-6(8(14)13-9(15)10-2)12-4-7-3-11-5-16-7/h3,5-6,12H,4H2,1-2H3,(H2,10,13,14,15). The van der Waals surface area contributed by atoms with Gasteiger partial charge in [0.05, 0.1) is 11.6 Å². The molecule has 0 spiro atoms. The molecule has 0 aromatic carbocycles. The van der Waals surface area contributed by atoms with Crippen LogP contribution in [0.3, 0.4) is 0 Å². The molecule has 1 heterocycles. The van der Waals surface area contributed by atoms with E-state index in [1.54, 1.807) is 18.6 Å². The maximum atomic E-state index is 11.4. The number of carbonyl (C=O) groups is 2. The second-order valence-corrected chi connectivity index (χ2v) is 4.11. The number of hydrogen-bond acceptors (Lipinski definition) is 5. The Hall–Kier alpha value is -1.47. The molecule has 0 aliphatic carbocycles. The Labute approximate surface area is 97.5 Å². The van der Waals surface area contributed by atoms with Gasteiger partial charge in [0.15, 0.2) is 0 Å². The fourth-order valence-electron chi connectivity index (χ4n) is 0.958. The van der Waals surface area contributed by atoms with Gasteiger partial charge >= 0.3 is 6.03 Å². The SMILES string of the molecule is CNC(=O)NC(=O)C(C)NCc1cncs1. The highest BCUT2D eigenvalue weighted by Crippen LogP contribution is 2.04. The quantitative estimate of drug-likeness (QED) is 0.698. The van der Waals surface area contributed by atoms with Crippen molar-refractivity contribution in [3.05, 3.63) is 16.6 Å². The average Bonchev–Trinajstić information content (AvgIpc) is 2.78. The number of rotatable bonds is 4. The van der Waals surface area contributed by atoms with Crippen LogP contribution in [0.1, 0.15) is 11.8 Å². The first-order valence-electron chi connectivity index (χ1n) is 4.76. The molecule has 0 saturated carbocycles. The van der Waals surface area contributed by atoms with Crippen LogP contribution in [-0.2, 0) is 11.3 Å². The van der Waals surface area contributed by atoms with E-state index in [0.29, 0.717) is 6.54 Å². The molecule has 0 fully saturated rings. The number of amides is 3. The van der Waals surface area contributed by atoms with Crippen LogP contribution in [0.5, 0.6) is 0 Å². The van der Waals surface area contributed by atoms with Crippen molar-refractivity contribution >= 4 is 23.3 Å². The van der Waals surface area contributed by atoms with Crippen LogP contribution in [0.4, 0.5) is 4.79 Å². The fourth-order valence-corrected chi connectivity index (χ4v) is 1.50. The van der Waals surface area contributed by atoms with E-state index in [0.717, 1.165) is 4.88 Å². The Morgan fingerprint density at radius 2 is 2.31 bits per heavy atom. The number of hydrogen-bond donors (Lipinski definition) is 3. The Bertz CT molecular complexity index is 352. The Kier molecular flexibility index (Phi) is 4.87. The van der Waals surface area contributed by atoms with Gasteiger partial charge in [-0.25, -0.2) is 4.79 Å². The molecule has 1 aromatic heterocycles. The number of nitrogens with zero attached hydrogens (tertiary/aromatic N) is 1. The Morgan fingerprint density at radius 3 is 2.88 bits per heavy atom. The van der Waals surface area contributed by atoms with Crippen molar-refractivity contribution in [1.29, 1.82) is 0 Å². The molecular formula is C9H14N4O2S. The molecule has 7 heteroatoms. The zero-order valence-corrected chi connectivity index (χ0v) is 9.93. The molecule has 88 valence electrons. The first-order valence-corrected chi connectivity index (χ1v) is 5.64. The van der Waals surface area contributed by atoms with Crippen molar-refractivity contribution < 1.29 is 9.59 Å². The summed E-state index contributed by atoms with van der Waals surface area (Å²) < 4.78 is 0. The number of imide groups is 1. The molecule has 0 aliphatic rings. The van der Waals surface area contributed by atoms with E-state index in [1.165, 1.54) is 18.4 Å². The van der Waals surface area contributed by atoms with Crippen LogP contribution in [0.2, 0.25) is 0 Å². The fraction of sp³-hybridized carbons (Fsp3) is 0.444. The lowest BCUT2D eigenvalue weighted by Crippen LogP contribution is -2.47. The predicted octanol–water partition coefficient (Wildman–Crippen LogP) is 0.0768. The number of thiazole rings is 1. The molecule has 1 rings (SSSR count). The summed E-state index contributed by atoms with van der Waals surface area (Å²) in [6, 6.07) is -0.934. The summed E-state index contributed by atoms with van der Waals surface area (Å²) in [6.45, 7) is 2.26. The third kappa shape index (κ3) is 3.95. The van der Waals surface area contributed by atoms with Gasteiger partial charge in [0.1, 0.15) is 0 Å². The van der Waals surface area contributed by atoms with Gasteiger partial charge in [0.2, 0.25) is 5.91 Å². The summed E-state index contributed by atoms with van der Waals surface area (Å²) in [5.41, 5.74) is 1.73. The van der Waals surface area contributed by atoms with E-state index < -0.39 is 12.1 Å². The van der Waals surface area contributed by atoms with Crippen LogP contribution in [0.25, 0.3) is 0 Å². The summed E-state index contributed by atoms with van der Waals surface area (Å²) >= 11 is 1.51. The van der Waals surface area contributed by atoms with Gasteiger partial charge in [-0.05, 0) is 6.92 Å². The molecule has 0 aliphatic heterocycles. The molecule has 16 heavy (non-hydrogen) atoms. The normalized spacial score (nSPS) is 11.9. The number of carbonyl (C=O) groups excluding carboxylic acids is 2. The van der Waals surface area contributed by atoms with Gasteiger partial charge in [-0.15, -0.1) is 11.3 Å². The molecule has 3 amide bonds.